The topological polar surface area (TPSA) is 55.4 Å². The zero-order chi connectivity index (χ0) is 15.5. The van der Waals surface area contributed by atoms with Crippen LogP contribution in [0, 0.1) is 22.2 Å². The molecule has 118 valence electrons. The predicted molar refractivity (Wildman–Crippen MR) is 79.5 cm³/mol. The van der Waals surface area contributed by atoms with E-state index in [0.29, 0.717) is 16.7 Å². The molecule has 0 aromatic carbocycles. The molecule has 1 N–H and O–H groups in total. The Bertz CT molecular complexity index is 468. The molecule has 3 unspecified atom stereocenters. The van der Waals surface area contributed by atoms with Crippen molar-refractivity contribution in [3.63, 3.8) is 0 Å². The highest BCUT2D eigenvalue weighted by Gasteiger charge is 2.62. The van der Waals surface area contributed by atoms with E-state index >= 15 is 0 Å². The molecule has 4 aliphatic carbocycles. The highest BCUT2D eigenvalue weighted by molar-refractivity contribution is 5.88. The molecule has 4 nitrogen and oxygen atoms in total. The van der Waals surface area contributed by atoms with Gasteiger partial charge < -0.3 is 10.1 Å². The fourth-order valence-corrected chi connectivity index (χ4v) is 6.29. The fraction of sp³-hybridized carbons (Fsp3) is 0.882. The van der Waals surface area contributed by atoms with Crippen LogP contribution in [0.1, 0.15) is 59.3 Å². The maximum absolute atomic E-state index is 12.9. The lowest BCUT2D eigenvalue weighted by Crippen LogP contribution is -2.61. The largest absolute Gasteiger partial charge is 0.467 e. The summed E-state index contributed by atoms with van der Waals surface area (Å²) in [6, 6.07) is -0.559. The van der Waals surface area contributed by atoms with Gasteiger partial charge in [0.1, 0.15) is 6.04 Å². The minimum atomic E-state index is -0.559. The Morgan fingerprint density at radius 3 is 2.14 bits per heavy atom. The van der Waals surface area contributed by atoms with E-state index in [1.807, 2.05) is 0 Å². The van der Waals surface area contributed by atoms with Gasteiger partial charge in [0.05, 0.1) is 12.5 Å². The van der Waals surface area contributed by atoms with Crippen molar-refractivity contribution in [1.82, 2.24) is 5.32 Å². The molecule has 21 heavy (non-hydrogen) atoms. The molecule has 0 aromatic rings. The van der Waals surface area contributed by atoms with Crippen LogP contribution in [0.2, 0.25) is 0 Å². The molecule has 4 bridgehead atoms. The van der Waals surface area contributed by atoms with Crippen LogP contribution >= 0.6 is 0 Å². The van der Waals surface area contributed by atoms with Crippen molar-refractivity contribution in [2.24, 2.45) is 22.2 Å². The molecule has 0 spiro atoms. The quantitative estimate of drug-likeness (QED) is 0.814. The SMILES string of the molecule is COC(=O)C(C)NC(=O)C12CC3CC(C)(CC(C)(C3)C1)C2. The Balaban J connectivity index is 1.81. The van der Waals surface area contributed by atoms with Gasteiger partial charge in [-0.1, -0.05) is 13.8 Å². The van der Waals surface area contributed by atoms with Crippen molar-refractivity contribution < 1.29 is 14.3 Å². The number of hydrogen-bond acceptors (Lipinski definition) is 3. The molecule has 4 heteroatoms. The van der Waals surface area contributed by atoms with Gasteiger partial charge in [-0.05, 0) is 62.2 Å². The van der Waals surface area contributed by atoms with Gasteiger partial charge in [0.25, 0.3) is 0 Å². The van der Waals surface area contributed by atoms with Gasteiger partial charge in [0.2, 0.25) is 5.91 Å². The molecule has 4 rings (SSSR count). The van der Waals surface area contributed by atoms with Crippen LogP contribution in [0.15, 0.2) is 0 Å². The minimum Gasteiger partial charge on any atom is -0.467 e. The lowest BCUT2D eigenvalue weighted by atomic mass is 9.40. The van der Waals surface area contributed by atoms with Crippen LogP contribution in [-0.4, -0.2) is 25.0 Å². The molecular formula is C17H27NO3. The summed E-state index contributed by atoms with van der Waals surface area (Å²) in [5.74, 6) is 0.378. The predicted octanol–water partition coefficient (Wildman–Crippen LogP) is 2.66. The van der Waals surface area contributed by atoms with Crippen LogP contribution in [0.5, 0.6) is 0 Å². The van der Waals surface area contributed by atoms with E-state index in [9.17, 15) is 9.59 Å². The number of ether oxygens (including phenoxy) is 1. The Hall–Kier alpha value is -1.06. The molecule has 0 radical (unpaired) electrons. The average molecular weight is 293 g/mol. The van der Waals surface area contributed by atoms with Crippen LogP contribution < -0.4 is 5.32 Å². The maximum atomic E-state index is 12.9. The first-order valence-corrected chi connectivity index (χ1v) is 8.08. The Morgan fingerprint density at radius 1 is 1.10 bits per heavy atom. The third kappa shape index (κ3) is 2.36. The molecule has 3 atom stereocenters. The third-order valence-electron chi connectivity index (χ3n) is 6.01. The van der Waals surface area contributed by atoms with Crippen LogP contribution in [-0.2, 0) is 14.3 Å². The van der Waals surface area contributed by atoms with Gasteiger partial charge in [-0.3, -0.25) is 4.79 Å². The number of carbonyl (C=O) groups is 2. The van der Waals surface area contributed by atoms with Crippen molar-refractivity contribution in [2.75, 3.05) is 7.11 Å². The van der Waals surface area contributed by atoms with Gasteiger partial charge in [-0.15, -0.1) is 0 Å². The summed E-state index contributed by atoms with van der Waals surface area (Å²) in [4.78, 5) is 24.5. The molecule has 4 fully saturated rings. The van der Waals surface area contributed by atoms with Crippen molar-refractivity contribution in [2.45, 2.75) is 65.3 Å². The van der Waals surface area contributed by atoms with E-state index < -0.39 is 6.04 Å². The molecule has 0 heterocycles. The van der Waals surface area contributed by atoms with Crippen LogP contribution in [0.4, 0.5) is 0 Å². The number of amides is 1. The van der Waals surface area contributed by atoms with Gasteiger partial charge >= 0.3 is 5.97 Å². The zero-order valence-electron chi connectivity index (χ0n) is 13.6. The molecule has 1 amide bonds. The van der Waals surface area contributed by atoms with E-state index in [4.69, 9.17) is 4.74 Å². The number of esters is 1. The average Bonchev–Trinajstić information content (AvgIpc) is 2.33. The summed E-state index contributed by atoms with van der Waals surface area (Å²) < 4.78 is 4.72. The summed E-state index contributed by atoms with van der Waals surface area (Å²) in [6.07, 6.45) is 6.74. The second-order valence-electron chi connectivity index (χ2n) is 8.63. The van der Waals surface area contributed by atoms with E-state index in [1.54, 1.807) is 6.92 Å². The van der Waals surface area contributed by atoms with E-state index in [-0.39, 0.29) is 17.3 Å². The summed E-state index contributed by atoms with van der Waals surface area (Å²) in [5.41, 5.74) is 0.352. The normalized spacial score (nSPS) is 45.2. The smallest absolute Gasteiger partial charge is 0.328 e. The van der Waals surface area contributed by atoms with Crippen LogP contribution in [0.25, 0.3) is 0 Å². The zero-order valence-corrected chi connectivity index (χ0v) is 13.6. The number of nitrogens with one attached hydrogen (secondary N) is 1. The number of carbonyl (C=O) groups excluding carboxylic acids is 2. The summed E-state index contributed by atoms with van der Waals surface area (Å²) in [5, 5.41) is 2.91. The van der Waals surface area contributed by atoms with Crippen molar-refractivity contribution in [3.05, 3.63) is 0 Å². The first-order valence-electron chi connectivity index (χ1n) is 8.08. The lowest BCUT2D eigenvalue weighted by Gasteiger charge is -2.64. The summed E-state index contributed by atoms with van der Waals surface area (Å²) >= 11 is 0. The van der Waals surface area contributed by atoms with E-state index in [0.717, 1.165) is 19.3 Å². The molecule has 4 aliphatic rings. The highest BCUT2D eigenvalue weighted by atomic mass is 16.5. The summed E-state index contributed by atoms with van der Waals surface area (Å²) in [6.45, 7) is 6.40. The number of methoxy groups -OCH3 is 1. The number of rotatable bonds is 3. The monoisotopic (exact) mass is 293 g/mol. The highest BCUT2D eigenvalue weighted by Crippen LogP contribution is 2.69. The first-order chi connectivity index (χ1) is 9.69. The molecular weight excluding hydrogens is 266 g/mol. The lowest BCUT2D eigenvalue weighted by molar-refractivity contribution is -0.171. The molecule has 0 saturated heterocycles. The minimum absolute atomic E-state index is 0.0713. The van der Waals surface area contributed by atoms with E-state index in [1.165, 1.54) is 26.4 Å². The van der Waals surface area contributed by atoms with Gasteiger partial charge in [0, 0.05) is 0 Å². The van der Waals surface area contributed by atoms with Crippen molar-refractivity contribution >= 4 is 11.9 Å². The second kappa shape index (κ2) is 4.47. The Kier molecular flexibility index (Phi) is 3.16. The molecule has 0 aromatic heterocycles. The first kappa shape index (κ1) is 14.9. The standard InChI is InChI=1S/C17H27NO3/c1-11(13(19)21-4)18-14(20)17-7-12-5-15(2,9-17)8-16(3,6-12)10-17/h11-12H,5-10H2,1-4H3,(H,18,20). The number of hydrogen-bond donors (Lipinski definition) is 1. The second-order valence-corrected chi connectivity index (χ2v) is 8.63. The molecule has 4 saturated carbocycles. The van der Waals surface area contributed by atoms with Crippen LogP contribution in [0.3, 0.4) is 0 Å². The van der Waals surface area contributed by atoms with E-state index in [2.05, 4.69) is 19.2 Å². The van der Waals surface area contributed by atoms with Crippen molar-refractivity contribution in [3.8, 4) is 0 Å². The fourth-order valence-electron chi connectivity index (χ4n) is 6.29. The Labute approximate surface area is 127 Å². The van der Waals surface area contributed by atoms with Gasteiger partial charge in [-0.25, -0.2) is 4.79 Å². The Morgan fingerprint density at radius 2 is 1.67 bits per heavy atom. The maximum Gasteiger partial charge on any atom is 0.328 e. The molecule has 0 aliphatic heterocycles. The third-order valence-corrected chi connectivity index (χ3v) is 6.01. The van der Waals surface area contributed by atoms with Crippen molar-refractivity contribution in [1.29, 1.82) is 0 Å². The van der Waals surface area contributed by atoms with Gasteiger partial charge in [-0.2, -0.15) is 0 Å². The summed E-state index contributed by atoms with van der Waals surface area (Å²) in [7, 11) is 1.36. The van der Waals surface area contributed by atoms with Gasteiger partial charge in [0.15, 0.2) is 0 Å².